The molecule has 1 aromatic rings. The molecule has 18 heavy (non-hydrogen) atoms. The molecule has 6 nitrogen and oxygen atoms in total. The van der Waals surface area contributed by atoms with Gasteiger partial charge in [-0.3, -0.25) is 9.89 Å². The fourth-order valence-electron chi connectivity index (χ4n) is 2.40. The Morgan fingerprint density at radius 1 is 1.61 bits per heavy atom. The second-order valence-electron chi connectivity index (χ2n) is 4.80. The van der Waals surface area contributed by atoms with Gasteiger partial charge in [0.25, 0.3) is 5.91 Å². The molecule has 2 N–H and O–H groups in total. The van der Waals surface area contributed by atoms with Crippen LogP contribution in [-0.4, -0.2) is 52.2 Å². The third-order valence-corrected chi connectivity index (χ3v) is 3.28. The number of piperidine rings is 1. The van der Waals surface area contributed by atoms with Crippen LogP contribution in [-0.2, 0) is 0 Å². The van der Waals surface area contributed by atoms with Crippen molar-refractivity contribution in [2.24, 2.45) is 5.92 Å². The lowest BCUT2D eigenvalue weighted by Gasteiger charge is -2.29. The maximum absolute atomic E-state index is 12.2. The van der Waals surface area contributed by atoms with Crippen LogP contribution in [0.15, 0.2) is 6.33 Å². The Balaban J connectivity index is 1.96. The van der Waals surface area contributed by atoms with E-state index in [-0.39, 0.29) is 5.91 Å². The first kappa shape index (κ1) is 13.0. The standard InChI is InChI=1S/C12H21N5O/c1-2-6-17(8-10-4-3-5-13-7-10)12(18)11-14-9-15-16-11/h9-10,13H,2-8H2,1H3,(H,14,15,16). The van der Waals surface area contributed by atoms with Gasteiger partial charge in [0.05, 0.1) is 0 Å². The Labute approximate surface area is 107 Å². The van der Waals surface area contributed by atoms with Crippen LogP contribution in [0, 0.1) is 5.92 Å². The third kappa shape index (κ3) is 3.29. The van der Waals surface area contributed by atoms with E-state index in [9.17, 15) is 4.79 Å². The Morgan fingerprint density at radius 3 is 3.11 bits per heavy atom. The molecule has 6 heteroatoms. The molecule has 1 aliphatic rings. The van der Waals surface area contributed by atoms with Gasteiger partial charge < -0.3 is 10.2 Å². The number of H-pyrrole nitrogens is 1. The van der Waals surface area contributed by atoms with Crippen LogP contribution in [0.5, 0.6) is 0 Å². The molecule has 1 unspecified atom stereocenters. The monoisotopic (exact) mass is 251 g/mol. The molecule has 0 saturated carbocycles. The molecule has 1 fully saturated rings. The molecule has 1 amide bonds. The summed E-state index contributed by atoms with van der Waals surface area (Å²) in [6.45, 7) is 5.76. The molecule has 2 heterocycles. The number of carbonyl (C=O) groups excluding carboxylic acids is 1. The zero-order valence-electron chi connectivity index (χ0n) is 10.9. The number of hydrogen-bond donors (Lipinski definition) is 2. The number of aromatic amines is 1. The average Bonchev–Trinajstić information content (AvgIpc) is 2.92. The summed E-state index contributed by atoms with van der Waals surface area (Å²) in [5.41, 5.74) is 0. The Morgan fingerprint density at radius 2 is 2.50 bits per heavy atom. The van der Waals surface area contributed by atoms with Crippen molar-refractivity contribution >= 4 is 5.91 Å². The summed E-state index contributed by atoms with van der Waals surface area (Å²) in [7, 11) is 0. The van der Waals surface area contributed by atoms with Crippen molar-refractivity contribution in [3.63, 3.8) is 0 Å². The summed E-state index contributed by atoms with van der Waals surface area (Å²) >= 11 is 0. The van der Waals surface area contributed by atoms with E-state index in [2.05, 4.69) is 27.4 Å². The van der Waals surface area contributed by atoms with Crippen molar-refractivity contribution in [2.45, 2.75) is 26.2 Å². The normalized spacial score (nSPS) is 19.7. The van der Waals surface area contributed by atoms with Crippen molar-refractivity contribution in [3.05, 3.63) is 12.2 Å². The van der Waals surface area contributed by atoms with E-state index in [4.69, 9.17) is 0 Å². The van der Waals surface area contributed by atoms with Gasteiger partial charge in [0.1, 0.15) is 6.33 Å². The molecule has 0 radical (unpaired) electrons. The fourth-order valence-corrected chi connectivity index (χ4v) is 2.40. The molecule has 1 aliphatic heterocycles. The number of aromatic nitrogens is 3. The number of nitrogens with one attached hydrogen (secondary N) is 2. The molecular weight excluding hydrogens is 230 g/mol. The number of amides is 1. The molecule has 2 rings (SSSR count). The summed E-state index contributed by atoms with van der Waals surface area (Å²) in [4.78, 5) is 18.1. The molecule has 1 atom stereocenters. The first-order valence-electron chi connectivity index (χ1n) is 6.66. The molecule has 0 aliphatic carbocycles. The predicted molar refractivity (Wildman–Crippen MR) is 68.2 cm³/mol. The highest BCUT2D eigenvalue weighted by Crippen LogP contribution is 2.13. The smallest absolute Gasteiger partial charge is 0.291 e. The van der Waals surface area contributed by atoms with E-state index in [0.717, 1.165) is 32.6 Å². The lowest BCUT2D eigenvalue weighted by atomic mass is 9.99. The largest absolute Gasteiger partial charge is 0.336 e. The van der Waals surface area contributed by atoms with Gasteiger partial charge in [0.15, 0.2) is 0 Å². The van der Waals surface area contributed by atoms with Crippen LogP contribution in [0.2, 0.25) is 0 Å². The number of rotatable bonds is 5. The average molecular weight is 251 g/mol. The minimum Gasteiger partial charge on any atom is -0.336 e. The van der Waals surface area contributed by atoms with Gasteiger partial charge >= 0.3 is 0 Å². The van der Waals surface area contributed by atoms with Crippen molar-refractivity contribution in [1.82, 2.24) is 25.4 Å². The Hall–Kier alpha value is -1.43. The summed E-state index contributed by atoms with van der Waals surface area (Å²) in [6, 6.07) is 0. The minimum absolute atomic E-state index is 0.0417. The quantitative estimate of drug-likeness (QED) is 0.806. The third-order valence-electron chi connectivity index (χ3n) is 3.28. The highest BCUT2D eigenvalue weighted by Gasteiger charge is 2.22. The van der Waals surface area contributed by atoms with Gasteiger partial charge in [0.2, 0.25) is 5.82 Å². The molecule has 0 aromatic carbocycles. The van der Waals surface area contributed by atoms with Crippen LogP contribution in [0.3, 0.4) is 0 Å². The number of carbonyl (C=O) groups is 1. The van der Waals surface area contributed by atoms with Crippen LogP contribution < -0.4 is 5.32 Å². The maximum atomic E-state index is 12.2. The molecule has 100 valence electrons. The topological polar surface area (TPSA) is 73.9 Å². The van der Waals surface area contributed by atoms with Crippen molar-refractivity contribution < 1.29 is 4.79 Å². The van der Waals surface area contributed by atoms with E-state index < -0.39 is 0 Å². The van der Waals surface area contributed by atoms with Crippen LogP contribution in [0.4, 0.5) is 0 Å². The number of hydrogen-bond acceptors (Lipinski definition) is 4. The zero-order chi connectivity index (χ0) is 12.8. The van der Waals surface area contributed by atoms with Gasteiger partial charge in [-0.2, -0.15) is 5.10 Å². The second-order valence-corrected chi connectivity index (χ2v) is 4.80. The van der Waals surface area contributed by atoms with E-state index in [1.165, 1.54) is 19.2 Å². The fraction of sp³-hybridized carbons (Fsp3) is 0.750. The SMILES string of the molecule is CCCN(CC1CCCNC1)C(=O)c1ncn[nH]1. The van der Waals surface area contributed by atoms with E-state index in [0.29, 0.717) is 11.7 Å². The summed E-state index contributed by atoms with van der Waals surface area (Å²) in [5.74, 6) is 0.851. The van der Waals surface area contributed by atoms with Crippen LogP contribution in [0.1, 0.15) is 36.8 Å². The van der Waals surface area contributed by atoms with Gasteiger partial charge in [-0.25, -0.2) is 4.98 Å². The number of nitrogens with zero attached hydrogens (tertiary/aromatic N) is 3. The van der Waals surface area contributed by atoms with Gasteiger partial charge in [-0.05, 0) is 38.3 Å². The second kappa shape index (κ2) is 6.49. The van der Waals surface area contributed by atoms with E-state index in [1.807, 2.05) is 4.90 Å². The molecular formula is C12H21N5O. The highest BCUT2D eigenvalue weighted by molar-refractivity contribution is 5.90. The first-order valence-corrected chi connectivity index (χ1v) is 6.66. The summed E-state index contributed by atoms with van der Waals surface area (Å²) in [6.07, 6.45) is 4.72. The maximum Gasteiger partial charge on any atom is 0.291 e. The molecule has 0 spiro atoms. The van der Waals surface area contributed by atoms with Crippen LogP contribution >= 0.6 is 0 Å². The molecule has 1 aromatic heterocycles. The van der Waals surface area contributed by atoms with Crippen molar-refractivity contribution in [1.29, 1.82) is 0 Å². The minimum atomic E-state index is -0.0417. The lowest BCUT2D eigenvalue weighted by molar-refractivity contribution is 0.0707. The summed E-state index contributed by atoms with van der Waals surface area (Å²) < 4.78 is 0. The van der Waals surface area contributed by atoms with Crippen molar-refractivity contribution in [3.8, 4) is 0 Å². The Kier molecular flexibility index (Phi) is 4.69. The van der Waals surface area contributed by atoms with Crippen molar-refractivity contribution in [2.75, 3.05) is 26.2 Å². The van der Waals surface area contributed by atoms with E-state index in [1.54, 1.807) is 0 Å². The highest BCUT2D eigenvalue weighted by atomic mass is 16.2. The van der Waals surface area contributed by atoms with Gasteiger partial charge in [-0.15, -0.1) is 0 Å². The molecule has 1 saturated heterocycles. The Bertz CT molecular complexity index is 359. The van der Waals surface area contributed by atoms with Gasteiger partial charge in [0, 0.05) is 13.1 Å². The van der Waals surface area contributed by atoms with Crippen LogP contribution in [0.25, 0.3) is 0 Å². The summed E-state index contributed by atoms with van der Waals surface area (Å²) in [5, 5.41) is 9.76. The first-order chi connectivity index (χ1) is 8.81. The molecule has 0 bridgehead atoms. The zero-order valence-corrected chi connectivity index (χ0v) is 10.9. The van der Waals surface area contributed by atoms with E-state index >= 15 is 0 Å². The van der Waals surface area contributed by atoms with Gasteiger partial charge in [-0.1, -0.05) is 6.92 Å². The lowest BCUT2D eigenvalue weighted by Crippen LogP contribution is -2.41. The predicted octanol–water partition coefficient (Wildman–Crippen LogP) is 0.657.